The minimum atomic E-state index is -0.613. The molecule has 0 aliphatic rings. The fraction of sp³-hybridized carbons (Fsp3) is 0.357. The van der Waals surface area contributed by atoms with Crippen LogP contribution in [0.5, 0.6) is 0 Å². The van der Waals surface area contributed by atoms with Crippen LogP contribution >= 0.6 is 0 Å². The summed E-state index contributed by atoms with van der Waals surface area (Å²) in [6, 6.07) is 7.29. The number of aromatic amines is 1. The molecule has 1 aromatic carbocycles. The van der Waals surface area contributed by atoms with Gasteiger partial charge in [-0.3, -0.25) is 4.79 Å². The van der Waals surface area contributed by atoms with Gasteiger partial charge >= 0.3 is 0 Å². The van der Waals surface area contributed by atoms with Crippen molar-refractivity contribution in [3.63, 3.8) is 0 Å². The number of fused-ring (bicyclic) bond motifs is 1. The van der Waals surface area contributed by atoms with Crippen molar-refractivity contribution < 1.29 is 9.90 Å². The van der Waals surface area contributed by atoms with Gasteiger partial charge in [-0.05, 0) is 25.0 Å². The zero-order valence-corrected chi connectivity index (χ0v) is 10.9. The van der Waals surface area contributed by atoms with E-state index in [0.29, 0.717) is 6.42 Å². The number of aliphatic hydroxyl groups excluding tert-OH is 1. The Kier molecular flexibility index (Phi) is 4.19. The highest BCUT2D eigenvalue weighted by Crippen LogP contribution is 2.18. The second kappa shape index (κ2) is 5.86. The van der Waals surface area contributed by atoms with Gasteiger partial charge in [-0.15, -0.1) is 0 Å². The molecule has 1 amide bonds. The normalized spacial score (nSPS) is 14.3. The first-order valence-electron chi connectivity index (χ1n) is 6.34. The molecule has 19 heavy (non-hydrogen) atoms. The van der Waals surface area contributed by atoms with Crippen molar-refractivity contribution in [1.82, 2.24) is 10.3 Å². The molecular formula is C14H19N3O2. The Morgan fingerprint density at radius 2 is 2.21 bits per heavy atom. The molecule has 2 atom stereocenters. The van der Waals surface area contributed by atoms with Crippen LogP contribution in [0.4, 0.5) is 0 Å². The lowest BCUT2D eigenvalue weighted by atomic mass is 10.1. The van der Waals surface area contributed by atoms with Gasteiger partial charge in [0, 0.05) is 23.6 Å². The minimum Gasteiger partial charge on any atom is -0.392 e. The second-order valence-electron chi connectivity index (χ2n) is 4.76. The van der Waals surface area contributed by atoms with Crippen LogP contribution in [-0.2, 0) is 11.2 Å². The molecule has 0 saturated heterocycles. The summed E-state index contributed by atoms with van der Waals surface area (Å²) in [5.74, 6) is -0.244. The van der Waals surface area contributed by atoms with Crippen LogP contribution in [0.25, 0.3) is 10.9 Å². The van der Waals surface area contributed by atoms with Gasteiger partial charge in [0.1, 0.15) is 0 Å². The number of aliphatic hydroxyl groups is 1. The third-order valence-electron chi connectivity index (χ3n) is 3.02. The van der Waals surface area contributed by atoms with E-state index in [9.17, 15) is 4.79 Å². The first kappa shape index (κ1) is 13.6. The van der Waals surface area contributed by atoms with Crippen molar-refractivity contribution in [3.8, 4) is 0 Å². The number of hydrogen-bond acceptors (Lipinski definition) is 3. The Balaban J connectivity index is 2.02. The van der Waals surface area contributed by atoms with E-state index in [1.165, 1.54) is 0 Å². The fourth-order valence-corrected chi connectivity index (χ4v) is 2.01. The third kappa shape index (κ3) is 3.33. The van der Waals surface area contributed by atoms with Crippen LogP contribution in [0, 0.1) is 0 Å². The van der Waals surface area contributed by atoms with Crippen LogP contribution in [0.3, 0.4) is 0 Å². The third-order valence-corrected chi connectivity index (χ3v) is 3.02. The van der Waals surface area contributed by atoms with E-state index in [1.807, 2.05) is 30.5 Å². The van der Waals surface area contributed by atoms with E-state index < -0.39 is 12.1 Å². The first-order valence-corrected chi connectivity index (χ1v) is 6.34. The van der Waals surface area contributed by atoms with Crippen molar-refractivity contribution in [1.29, 1.82) is 0 Å². The molecule has 2 aromatic rings. The highest BCUT2D eigenvalue weighted by molar-refractivity contribution is 5.86. The van der Waals surface area contributed by atoms with Gasteiger partial charge in [0.25, 0.3) is 0 Å². The summed E-state index contributed by atoms with van der Waals surface area (Å²) >= 11 is 0. The van der Waals surface area contributed by atoms with Crippen molar-refractivity contribution >= 4 is 16.8 Å². The van der Waals surface area contributed by atoms with Gasteiger partial charge in [-0.1, -0.05) is 18.2 Å². The molecule has 5 heteroatoms. The first-order chi connectivity index (χ1) is 9.08. The molecule has 0 fully saturated rings. The summed E-state index contributed by atoms with van der Waals surface area (Å²) in [6.45, 7) is 1.84. The number of carbonyl (C=O) groups excluding carboxylic acids is 1. The number of rotatable bonds is 5. The average molecular weight is 261 g/mol. The van der Waals surface area contributed by atoms with Crippen molar-refractivity contribution in [2.45, 2.75) is 25.5 Å². The SMILES string of the molecule is CC(O)CNC(=O)[C@@H](N)Cc1c[nH]c2ccccc12. The van der Waals surface area contributed by atoms with Gasteiger partial charge in [0.05, 0.1) is 12.1 Å². The molecular weight excluding hydrogens is 242 g/mol. The smallest absolute Gasteiger partial charge is 0.237 e. The summed E-state index contributed by atoms with van der Waals surface area (Å²) in [5, 5.41) is 12.8. The number of H-pyrrole nitrogens is 1. The monoisotopic (exact) mass is 261 g/mol. The van der Waals surface area contributed by atoms with Crippen LogP contribution in [-0.4, -0.2) is 34.7 Å². The average Bonchev–Trinajstić information content (AvgIpc) is 2.79. The van der Waals surface area contributed by atoms with Crippen LogP contribution in [0.15, 0.2) is 30.5 Å². The molecule has 0 saturated carbocycles. The topological polar surface area (TPSA) is 91.1 Å². The van der Waals surface area contributed by atoms with E-state index in [1.54, 1.807) is 6.92 Å². The maximum absolute atomic E-state index is 11.8. The highest BCUT2D eigenvalue weighted by atomic mass is 16.3. The summed E-state index contributed by atoms with van der Waals surface area (Å²) in [5.41, 5.74) is 7.94. The van der Waals surface area contributed by atoms with Gasteiger partial charge in [-0.25, -0.2) is 0 Å². The van der Waals surface area contributed by atoms with E-state index in [-0.39, 0.29) is 12.5 Å². The Bertz CT molecular complexity index is 563. The minimum absolute atomic E-state index is 0.223. The van der Waals surface area contributed by atoms with E-state index in [0.717, 1.165) is 16.5 Å². The summed E-state index contributed by atoms with van der Waals surface area (Å²) in [4.78, 5) is 14.9. The molecule has 0 spiro atoms. The Hall–Kier alpha value is -1.85. The number of amides is 1. The fourth-order valence-electron chi connectivity index (χ4n) is 2.01. The Morgan fingerprint density at radius 3 is 2.95 bits per heavy atom. The molecule has 0 radical (unpaired) electrons. The van der Waals surface area contributed by atoms with Gasteiger partial charge in [-0.2, -0.15) is 0 Å². The zero-order chi connectivity index (χ0) is 13.8. The molecule has 0 aliphatic heterocycles. The van der Waals surface area contributed by atoms with Crippen molar-refractivity contribution in [3.05, 3.63) is 36.0 Å². The molecule has 5 nitrogen and oxygen atoms in total. The van der Waals surface area contributed by atoms with E-state index in [4.69, 9.17) is 10.8 Å². The number of benzene rings is 1. The lowest BCUT2D eigenvalue weighted by molar-refractivity contribution is -0.122. The standard InChI is InChI=1S/C14H19N3O2/c1-9(18)7-17-14(19)12(15)6-10-8-16-13-5-3-2-4-11(10)13/h2-5,8-9,12,16,18H,6-7,15H2,1H3,(H,17,19)/t9?,12-/m0/s1. The number of nitrogens with one attached hydrogen (secondary N) is 2. The van der Waals surface area contributed by atoms with Gasteiger partial charge in [0.2, 0.25) is 5.91 Å². The number of aromatic nitrogens is 1. The zero-order valence-electron chi connectivity index (χ0n) is 10.9. The molecule has 0 aliphatic carbocycles. The number of nitrogens with two attached hydrogens (primary N) is 1. The quantitative estimate of drug-likeness (QED) is 0.633. The van der Waals surface area contributed by atoms with Crippen molar-refractivity contribution in [2.75, 3.05) is 6.54 Å². The molecule has 1 heterocycles. The molecule has 5 N–H and O–H groups in total. The van der Waals surface area contributed by atoms with E-state index >= 15 is 0 Å². The summed E-state index contributed by atoms with van der Waals surface area (Å²) in [7, 11) is 0. The maximum atomic E-state index is 11.8. The predicted octanol–water partition coefficient (Wildman–Crippen LogP) is 0.535. The molecule has 2 rings (SSSR count). The van der Waals surface area contributed by atoms with E-state index in [2.05, 4.69) is 10.3 Å². The second-order valence-corrected chi connectivity index (χ2v) is 4.76. The Labute approximate surface area is 111 Å². The lowest BCUT2D eigenvalue weighted by Crippen LogP contribution is -2.44. The molecule has 102 valence electrons. The van der Waals surface area contributed by atoms with Crippen molar-refractivity contribution in [2.24, 2.45) is 5.73 Å². The molecule has 1 unspecified atom stereocenters. The molecule has 1 aromatic heterocycles. The van der Waals surface area contributed by atoms with Crippen LogP contribution in [0.2, 0.25) is 0 Å². The molecule has 0 bridgehead atoms. The summed E-state index contributed by atoms with van der Waals surface area (Å²) < 4.78 is 0. The van der Waals surface area contributed by atoms with Crippen LogP contribution in [0.1, 0.15) is 12.5 Å². The predicted molar refractivity (Wildman–Crippen MR) is 74.7 cm³/mol. The summed E-state index contributed by atoms with van der Waals surface area (Å²) in [6.07, 6.45) is 1.78. The Morgan fingerprint density at radius 1 is 1.47 bits per heavy atom. The van der Waals surface area contributed by atoms with Gasteiger partial charge in [0.15, 0.2) is 0 Å². The van der Waals surface area contributed by atoms with Crippen LogP contribution < -0.4 is 11.1 Å². The highest BCUT2D eigenvalue weighted by Gasteiger charge is 2.16. The van der Waals surface area contributed by atoms with Gasteiger partial charge < -0.3 is 21.1 Å². The number of para-hydroxylation sites is 1. The maximum Gasteiger partial charge on any atom is 0.237 e. The largest absolute Gasteiger partial charge is 0.392 e. The lowest BCUT2D eigenvalue weighted by Gasteiger charge is -2.12. The number of hydrogen-bond donors (Lipinski definition) is 4. The number of carbonyl (C=O) groups is 1.